The van der Waals surface area contributed by atoms with Crippen molar-refractivity contribution < 1.29 is 8.42 Å². The van der Waals surface area contributed by atoms with E-state index in [4.69, 9.17) is 5.14 Å². The van der Waals surface area contributed by atoms with Gasteiger partial charge in [0.15, 0.2) is 0 Å². The third-order valence-electron chi connectivity index (χ3n) is 1.94. The molecule has 0 unspecified atom stereocenters. The first-order chi connectivity index (χ1) is 6.57. The molecule has 0 fully saturated rings. The smallest absolute Gasteiger partial charge is 0.238 e. The number of nitrogens with zero attached hydrogens (tertiary/aromatic N) is 1. The summed E-state index contributed by atoms with van der Waals surface area (Å²) in [5, 5.41) is 8.00. The predicted octanol–water partition coefficient (Wildman–Crippen LogP) is 0.136. The summed E-state index contributed by atoms with van der Waals surface area (Å²) < 4.78 is 22.1. The molecule has 0 spiro atoms. The van der Waals surface area contributed by atoms with Gasteiger partial charge in [0.2, 0.25) is 10.0 Å². The standard InChI is InChI=1S/C8H9N3O2S/c9-14(12,13)7-1-2-8-6(3-7)4-10-5-11-8/h1-4,11H,5H2,(H2,9,12,13). The van der Waals surface area contributed by atoms with Crippen LogP contribution in [0.4, 0.5) is 5.69 Å². The van der Waals surface area contributed by atoms with E-state index < -0.39 is 10.0 Å². The number of benzene rings is 1. The molecular weight excluding hydrogens is 202 g/mol. The summed E-state index contributed by atoms with van der Waals surface area (Å²) in [6, 6.07) is 4.65. The first-order valence-electron chi connectivity index (χ1n) is 3.98. The van der Waals surface area contributed by atoms with Gasteiger partial charge in [-0.2, -0.15) is 0 Å². The van der Waals surface area contributed by atoms with Gasteiger partial charge in [-0.05, 0) is 18.2 Å². The van der Waals surface area contributed by atoms with E-state index in [1.807, 2.05) is 0 Å². The van der Waals surface area contributed by atoms with Gasteiger partial charge in [-0.3, -0.25) is 4.99 Å². The Balaban J connectivity index is 2.56. The molecule has 0 saturated heterocycles. The fraction of sp³-hybridized carbons (Fsp3) is 0.125. The van der Waals surface area contributed by atoms with Crippen molar-refractivity contribution in [2.45, 2.75) is 4.90 Å². The van der Waals surface area contributed by atoms with E-state index in [1.54, 1.807) is 12.3 Å². The van der Waals surface area contributed by atoms with Crippen LogP contribution in [0.1, 0.15) is 5.56 Å². The molecule has 1 aromatic rings. The molecule has 0 aromatic heterocycles. The Kier molecular flexibility index (Phi) is 2.01. The normalized spacial score (nSPS) is 14.6. The van der Waals surface area contributed by atoms with Crippen molar-refractivity contribution >= 4 is 21.9 Å². The number of nitrogens with one attached hydrogen (secondary N) is 1. The van der Waals surface area contributed by atoms with Crippen molar-refractivity contribution in [3.05, 3.63) is 23.8 Å². The maximum absolute atomic E-state index is 11.0. The van der Waals surface area contributed by atoms with E-state index in [0.717, 1.165) is 11.3 Å². The summed E-state index contributed by atoms with van der Waals surface area (Å²) in [4.78, 5) is 4.07. The van der Waals surface area contributed by atoms with E-state index in [0.29, 0.717) is 6.67 Å². The molecular formula is C8H9N3O2S. The average molecular weight is 211 g/mol. The van der Waals surface area contributed by atoms with E-state index in [2.05, 4.69) is 10.3 Å². The van der Waals surface area contributed by atoms with Gasteiger partial charge in [0.05, 0.1) is 4.90 Å². The second-order valence-corrected chi connectivity index (χ2v) is 4.50. The zero-order valence-electron chi connectivity index (χ0n) is 7.27. The van der Waals surface area contributed by atoms with Crippen LogP contribution in [-0.2, 0) is 10.0 Å². The average Bonchev–Trinajstić information content (AvgIpc) is 2.16. The number of primary sulfonamides is 1. The maximum Gasteiger partial charge on any atom is 0.238 e. The van der Waals surface area contributed by atoms with Crippen molar-refractivity contribution in [1.82, 2.24) is 0 Å². The lowest BCUT2D eigenvalue weighted by Gasteiger charge is -2.12. The Hall–Kier alpha value is -1.40. The van der Waals surface area contributed by atoms with E-state index >= 15 is 0 Å². The summed E-state index contributed by atoms with van der Waals surface area (Å²) in [6.45, 7) is 0.516. The zero-order valence-corrected chi connectivity index (χ0v) is 8.08. The van der Waals surface area contributed by atoms with E-state index in [-0.39, 0.29) is 4.90 Å². The summed E-state index contributed by atoms with van der Waals surface area (Å²) in [5.74, 6) is 0. The minimum absolute atomic E-state index is 0.103. The largest absolute Gasteiger partial charge is 0.366 e. The Labute approximate surface area is 81.7 Å². The molecule has 1 aliphatic rings. The SMILES string of the molecule is NS(=O)(=O)c1ccc2c(c1)C=NCN2. The molecule has 14 heavy (non-hydrogen) atoms. The predicted molar refractivity (Wildman–Crippen MR) is 53.9 cm³/mol. The van der Waals surface area contributed by atoms with E-state index in [9.17, 15) is 8.42 Å². The quantitative estimate of drug-likeness (QED) is 0.692. The highest BCUT2D eigenvalue weighted by Crippen LogP contribution is 2.19. The van der Waals surface area contributed by atoms with E-state index in [1.165, 1.54) is 12.1 Å². The Bertz CT molecular complexity index is 493. The number of sulfonamides is 1. The lowest BCUT2D eigenvalue weighted by molar-refractivity contribution is 0.598. The lowest BCUT2D eigenvalue weighted by atomic mass is 10.2. The van der Waals surface area contributed by atoms with Crippen molar-refractivity contribution in [3.8, 4) is 0 Å². The van der Waals surface area contributed by atoms with Gasteiger partial charge in [0, 0.05) is 17.5 Å². The fourth-order valence-corrected chi connectivity index (χ4v) is 1.81. The minimum atomic E-state index is -3.63. The van der Waals surface area contributed by atoms with Crippen LogP contribution in [0.2, 0.25) is 0 Å². The van der Waals surface area contributed by atoms with Crippen molar-refractivity contribution in [2.24, 2.45) is 10.1 Å². The van der Waals surface area contributed by atoms with Gasteiger partial charge < -0.3 is 5.32 Å². The number of hydrogen-bond acceptors (Lipinski definition) is 4. The van der Waals surface area contributed by atoms with Crippen molar-refractivity contribution in [1.29, 1.82) is 0 Å². The van der Waals surface area contributed by atoms with Crippen LogP contribution in [-0.4, -0.2) is 21.3 Å². The molecule has 3 N–H and O–H groups in total. The van der Waals surface area contributed by atoms with Gasteiger partial charge >= 0.3 is 0 Å². The molecule has 5 nitrogen and oxygen atoms in total. The number of nitrogens with two attached hydrogens (primary N) is 1. The second kappa shape index (κ2) is 3.07. The molecule has 6 heteroatoms. The summed E-state index contributed by atoms with van der Waals surface area (Å²) >= 11 is 0. The molecule has 0 aliphatic carbocycles. The van der Waals surface area contributed by atoms with Crippen LogP contribution >= 0.6 is 0 Å². The lowest BCUT2D eigenvalue weighted by Crippen LogP contribution is -2.14. The van der Waals surface area contributed by atoms with Gasteiger partial charge in [0.25, 0.3) is 0 Å². The van der Waals surface area contributed by atoms with Crippen LogP contribution < -0.4 is 10.5 Å². The van der Waals surface area contributed by atoms with Crippen LogP contribution in [0.3, 0.4) is 0 Å². The number of rotatable bonds is 1. The Morgan fingerprint density at radius 1 is 1.43 bits per heavy atom. The molecule has 1 aromatic carbocycles. The molecule has 2 rings (SSSR count). The highest BCUT2D eigenvalue weighted by atomic mass is 32.2. The highest BCUT2D eigenvalue weighted by molar-refractivity contribution is 7.89. The maximum atomic E-state index is 11.0. The highest BCUT2D eigenvalue weighted by Gasteiger charge is 2.11. The number of hydrogen-bond donors (Lipinski definition) is 2. The van der Waals surface area contributed by atoms with Crippen molar-refractivity contribution in [2.75, 3.05) is 12.0 Å². The first kappa shape index (κ1) is 9.17. The minimum Gasteiger partial charge on any atom is -0.366 e. The van der Waals surface area contributed by atoms with Crippen LogP contribution in [0.15, 0.2) is 28.1 Å². The summed E-state index contributed by atoms with van der Waals surface area (Å²) in [6.07, 6.45) is 1.63. The van der Waals surface area contributed by atoms with Gasteiger partial charge in [-0.1, -0.05) is 0 Å². The molecule has 0 saturated carbocycles. The number of aliphatic imine (C=N–C) groups is 1. The molecule has 0 amide bonds. The number of fused-ring (bicyclic) bond motifs is 1. The Morgan fingerprint density at radius 3 is 2.93 bits per heavy atom. The monoisotopic (exact) mass is 211 g/mol. The summed E-state index contributed by atoms with van der Waals surface area (Å²) in [7, 11) is -3.63. The Morgan fingerprint density at radius 2 is 2.21 bits per heavy atom. The molecule has 0 atom stereocenters. The molecule has 0 radical (unpaired) electrons. The van der Waals surface area contributed by atoms with Gasteiger partial charge in [-0.25, -0.2) is 13.6 Å². The zero-order chi connectivity index (χ0) is 10.2. The number of anilines is 1. The molecule has 74 valence electrons. The molecule has 0 bridgehead atoms. The second-order valence-electron chi connectivity index (χ2n) is 2.94. The molecule has 1 aliphatic heterocycles. The molecule has 1 heterocycles. The summed E-state index contributed by atoms with van der Waals surface area (Å²) in [5.41, 5.74) is 1.61. The fourth-order valence-electron chi connectivity index (χ4n) is 1.26. The van der Waals surface area contributed by atoms with Gasteiger partial charge in [0.1, 0.15) is 6.67 Å². The van der Waals surface area contributed by atoms with Gasteiger partial charge in [-0.15, -0.1) is 0 Å². The first-order valence-corrected chi connectivity index (χ1v) is 5.52. The third kappa shape index (κ3) is 1.61. The van der Waals surface area contributed by atoms with Crippen LogP contribution in [0.25, 0.3) is 0 Å². The van der Waals surface area contributed by atoms with Crippen LogP contribution in [0.5, 0.6) is 0 Å². The van der Waals surface area contributed by atoms with Crippen LogP contribution in [0, 0.1) is 0 Å². The topological polar surface area (TPSA) is 84.6 Å². The third-order valence-corrected chi connectivity index (χ3v) is 2.85. The van der Waals surface area contributed by atoms with Crippen molar-refractivity contribution in [3.63, 3.8) is 0 Å².